The van der Waals surface area contributed by atoms with Gasteiger partial charge in [-0.25, -0.2) is 9.89 Å². The SMILES string of the molecule is CCCn1c(SCC(=O)N(C)Cc2ccsc2)n[nH]c1=O. The summed E-state index contributed by atoms with van der Waals surface area (Å²) in [6.07, 6.45) is 0.846. The molecule has 0 saturated heterocycles. The van der Waals surface area contributed by atoms with E-state index in [4.69, 9.17) is 0 Å². The van der Waals surface area contributed by atoms with E-state index in [0.717, 1.165) is 12.0 Å². The van der Waals surface area contributed by atoms with Crippen LogP contribution in [-0.2, 0) is 17.9 Å². The Hall–Kier alpha value is -1.54. The number of thiophene rings is 1. The summed E-state index contributed by atoms with van der Waals surface area (Å²) >= 11 is 2.91. The molecule has 0 radical (unpaired) electrons. The van der Waals surface area contributed by atoms with Crippen molar-refractivity contribution in [3.8, 4) is 0 Å². The maximum absolute atomic E-state index is 12.1. The Bertz CT molecular complexity index is 633. The van der Waals surface area contributed by atoms with Crippen molar-refractivity contribution < 1.29 is 4.79 Å². The first-order chi connectivity index (χ1) is 10.1. The predicted octanol–water partition coefficient (Wildman–Crippen LogP) is 1.79. The van der Waals surface area contributed by atoms with E-state index < -0.39 is 0 Å². The molecule has 0 saturated carbocycles. The first-order valence-corrected chi connectivity index (χ1v) is 8.57. The van der Waals surface area contributed by atoms with Gasteiger partial charge in [-0.1, -0.05) is 18.7 Å². The van der Waals surface area contributed by atoms with E-state index in [9.17, 15) is 9.59 Å². The van der Waals surface area contributed by atoms with E-state index in [-0.39, 0.29) is 17.3 Å². The minimum Gasteiger partial charge on any atom is -0.341 e. The van der Waals surface area contributed by atoms with Gasteiger partial charge in [0, 0.05) is 20.1 Å². The molecule has 2 aromatic heterocycles. The second-order valence-electron chi connectivity index (χ2n) is 4.63. The van der Waals surface area contributed by atoms with Crippen LogP contribution in [0.1, 0.15) is 18.9 Å². The quantitative estimate of drug-likeness (QED) is 0.788. The highest BCUT2D eigenvalue weighted by molar-refractivity contribution is 7.99. The van der Waals surface area contributed by atoms with E-state index in [1.807, 2.05) is 23.8 Å². The Balaban J connectivity index is 1.90. The zero-order chi connectivity index (χ0) is 15.2. The average molecular weight is 326 g/mol. The van der Waals surface area contributed by atoms with Crippen molar-refractivity contribution in [1.29, 1.82) is 0 Å². The van der Waals surface area contributed by atoms with Crippen molar-refractivity contribution in [2.45, 2.75) is 31.6 Å². The van der Waals surface area contributed by atoms with Gasteiger partial charge in [-0.3, -0.25) is 9.36 Å². The van der Waals surface area contributed by atoms with Gasteiger partial charge in [0.15, 0.2) is 5.16 Å². The van der Waals surface area contributed by atoms with E-state index in [1.54, 1.807) is 27.9 Å². The third-order valence-corrected chi connectivity index (χ3v) is 4.61. The van der Waals surface area contributed by atoms with Crippen LogP contribution in [0.4, 0.5) is 0 Å². The lowest BCUT2D eigenvalue weighted by Gasteiger charge is -2.16. The van der Waals surface area contributed by atoms with Crippen molar-refractivity contribution in [3.63, 3.8) is 0 Å². The number of thioether (sulfide) groups is 1. The third-order valence-electron chi connectivity index (χ3n) is 2.92. The van der Waals surface area contributed by atoms with Gasteiger partial charge in [0.2, 0.25) is 5.91 Å². The van der Waals surface area contributed by atoms with Crippen LogP contribution < -0.4 is 5.69 Å². The van der Waals surface area contributed by atoms with Gasteiger partial charge in [-0.2, -0.15) is 11.3 Å². The highest BCUT2D eigenvalue weighted by Gasteiger charge is 2.14. The first-order valence-electron chi connectivity index (χ1n) is 6.65. The fraction of sp³-hybridized carbons (Fsp3) is 0.462. The summed E-state index contributed by atoms with van der Waals surface area (Å²) in [5, 5.41) is 11.0. The number of nitrogens with zero attached hydrogens (tertiary/aromatic N) is 3. The minimum absolute atomic E-state index is 0.0182. The summed E-state index contributed by atoms with van der Waals surface area (Å²) in [5.41, 5.74) is 0.905. The molecule has 1 amide bonds. The Kier molecular flexibility index (Phi) is 5.63. The lowest BCUT2D eigenvalue weighted by molar-refractivity contribution is -0.127. The van der Waals surface area contributed by atoms with Crippen LogP contribution in [0.25, 0.3) is 0 Å². The molecular weight excluding hydrogens is 308 g/mol. The molecule has 2 aromatic rings. The van der Waals surface area contributed by atoms with Gasteiger partial charge >= 0.3 is 5.69 Å². The highest BCUT2D eigenvalue weighted by atomic mass is 32.2. The second-order valence-corrected chi connectivity index (χ2v) is 6.36. The molecule has 6 nitrogen and oxygen atoms in total. The van der Waals surface area contributed by atoms with Crippen molar-refractivity contribution in [2.24, 2.45) is 0 Å². The van der Waals surface area contributed by atoms with Crippen molar-refractivity contribution in [1.82, 2.24) is 19.7 Å². The first kappa shape index (κ1) is 15.8. The number of amides is 1. The highest BCUT2D eigenvalue weighted by Crippen LogP contribution is 2.15. The smallest absolute Gasteiger partial charge is 0.341 e. The number of nitrogens with one attached hydrogen (secondary N) is 1. The summed E-state index contributed by atoms with van der Waals surface area (Å²) in [4.78, 5) is 25.3. The molecule has 0 aliphatic heterocycles. The van der Waals surface area contributed by atoms with E-state index >= 15 is 0 Å². The summed E-state index contributed by atoms with van der Waals surface area (Å²) in [6, 6.07) is 2.01. The Labute approximate surface area is 131 Å². The summed E-state index contributed by atoms with van der Waals surface area (Å²) < 4.78 is 1.57. The molecule has 0 spiro atoms. The average Bonchev–Trinajstić information content (AvgIpc) is 3.08. The summed E-state index contributed by atoms with van der Waals surface area (Å²) in [7, 11) is 1.78. The van der Waals surface area contributed by atoms with Gasteiger partial charge < -0.3 is 4.90 Å². The van der Waals surface area contributed by atoms with Crippen molar-refractivity contribution in [3.05, 3.63) is 32.9 Å². The van der Waals surface area contributed by atoms with Crippen molar-refractivity contribution >= 4 is 29.0 Å². The molecule has 0 aromatic carbocycles. The van der Waals surface area contributed by atoms with Crippen LogP contribution in [0.15, 0.2) is 26.8 Å². The van der Waals surface area contributed by atoms with Crippen LogP contribution in [0.3, 0.4) is 0 Å². The topological polar surface area (TPSA) is 71.0 Å². The number of hydrogen-bond donors (Lipinski definition) is 1. The maximum Gasteiger partial charge on any atom is 0.343 e. The number of rotatable bonds is 7. The van der Waals surface area contributed by atoms with Gasteiger partial charge in [0.05, 0.1) is 5.75 Å². The van der Waals surface area contributed by atoms with Gasteiger partial charge in [0.25, 0.3) is 0 Å². The normalized spacial score (nSPS) is 10.8. The van der Waals surface area contributed by atoms with Crippen LogP contribution in [0.2, 0.25) is 0 Å². The molecule has 0 aliphatic rings. The van der Waals surface area contributed by atoms with Crippen LogP contribution in [-0.4, -0.2) is 38.4 Å². The number of H-pyrrole nitrogens is 1. The van der Waals surface area contributed by atoms with E-state index in [1.165, 1.54) is 11.8 Å². The van der Waals surface area contributed by atoms with Crippen LogP contribution >= 0.6 is 23.1 Å². The van der Waals surface area contributed by atoms with Crippen molar-refractivity contribution in [2.75, 3.05) is 12.8 Å². The van der Waals surface area contributed by atoms with Crippen LogP contribution in [0, 0.1) is 0 Å². The van der Waals surface area contributed by atoms with Gasteiger partial charge in [0.1, 0.15) is 0 Å². The Morgan fingerprint density at radius 3 is 3.05 bits per heavy atom. The van der Waals surface area contributed by atoms with E-state index in [0.29, 0.717) is 18.2 Å². The van der Waals surface area contributed by atoms with E-state index in [2.05, 4.69) is 10.2 Å². The Morgan fingerprint density at radius 1 is 1.57 bits per heavy atom. The summed E-state index contributed by atoms with van der Waals surface area (Å²) in [5.74, 6) is 0.291. The van der Waals surface area contributed by atoms with Crippen LogP contribution in [0.5, 0.6) is 0 Å². The standard InChI is InChI=1S/C13H18N4O2S2/c1-3-5-17-12(19)14-15-13(17)21-9-11(18)16(2)7-10-4-6-20-8-10/h4,6,8H,3,5,7,9H2,1-2H3,(H,14,19). The fourth-order valence-corrected chi connectivity index (χ4v) is 3.39. The van der Waals surface area contributed by atoms with Gasteiger partial charge in [-0.05, 0) is 28.8 Å². The molecule has 114 valence electrons. The number of carbonyl (C=O) groups excluding carboxylic acids is 1. The lowest BCUT2D eigenvalue weighted by atomic mass is 10.3. The fourth-order valence-electron chi connectivity index (χ4n) is 1.82. The molecule has 21 heavy (non-hydrogen) atoms. The zero-order valence-electron chi connectivity index (χ0n) is 12.0. The molecule has 0 fully saturated rings. The number of aromatic amines is 1. The molecule has 0 bridgehead atoms. The number of aromatic nitrogens is 3. The molecule has 1 N–H and O–H groups in total. The molecule has 0 atom stereocenters. The third kappa shape index (κ3) is 4.21. The minimum atomic E-state index is -0.224. The molecule has 8 heteroatoms. The zero-order valence-corrected chi connectivity index (χ0v) is 13.7. The monoisotopic (exact) mass is 326 g/mol. The molecule has 2 rings (SSSR count). The lowest BCUT2D eigenvalue weighted by Crippen LogP contribution is -2.27. The molecular formula is C13H18N4O2S2. The molecule has 0 unspecified atom stereocenters. The predicted molar refractivity (Wildman–Crippen MR) is 84.7 cm³/mol. The Morgan fingerprint density at radius 2 is 2.38 bits per heavy atom. The molecule has 0 aliphatic carbocycles. The summed E-state index contributed by atoms with van der Waals surface area (Å²) in [6.45, 7) is 3.20. The number of hydrogen-bond acceptors (Lipinski definition) is 5. The number of carbonyl (C=O) groups is 1. The van der Waals surface area contributed by atoms with Gasteiger partial charge in [-0.15, -0.1) is 5.10 Å². The maximum atomic E-state index is 12.1. The molecule has 2 heterocycles. The largest absolute Gasteiger partial charge is 0.343 e. The second kappa shape index (κ2) is 7.46.